The molecule has 1 unspecified atom stereocenters. The van der Waals surface area contributed by atoms with Crippen molar-refractivity contribution in [1.29, 1.82) is 0 Å². The average molecular weight is 289 g/mol. The lowest BCUT2D eigenvalue weighted by Crippen LogP contribution is -2.25. The second-order valence-electron chi connectivity index (χ2n) is 4.34. The first-order valence-corrected chi connectivity index (χ1v) is 6.33. The summed E-state index contributed by atoms with van der Waals surface area (Å²) in [6, 6.07) is 2.75. The first kappa shape index (κ1) is 15.7. The molecule has 0 aliphatic rings. The van der Waals surface area contributed by atoms with Gasteiger partial charge in [-0.05, 0) is 25.8 Å². The van der Waals surface area contributed by atoms with E-state index in [1.165, 1.54) is 6.07 Å². The van der Waals surface area contributed by atoms with Crippen LogP contribution in [-0.4, -0.2) is 27.8 Å². The minimum atomic E-state index is -0.667. The Morgan fingerprint density at radius 2 is 2.21 bits per heavy atom. The Balaban J connectivity index is 2.75. The van der Waals surface area contributed by atoms with E-state index in [0.29, 0.717) is 12.0 Å². The third-order valence-electron chi connectivity index (χ3n) is 2.77. The number of nitrogens with one attached hydrogen (secondary N) is 1. The molecule has 3 N–H and O–H groups in total. The number of halogens is 1. The Hall–Kier alpha value is -1.37. The number of aliphatic hydroxyl groups is 1. The molecular formula is C12H17ClN2O4. The number of nitro benzene ring substituents is 1. The fourth-order valence-electron chi connectivity index (χ4n) is 1.70. The van der Waals surface area contributed by atoms with Crippen LogP contribution in [0, 0.1) is 10.1 Å². The quantitative estimate of drug-likeness (QED) is 0.528. The number of hydrogen-bond acceptors (Lipinski definition) is 5. The van der Waals surface area contributed by atoms with Crippen molar-refractivity contribution in [1.82, 2.24) is 5.32 Å². The van der Waals surface area contributed by atoms with Gasteiger partial charge in [0.1, 0.15) is 0 Å². The summed E-state index contributed by atoms with van der Waals surface area (Å²) >= 11 is 5.79. The molecule has 0 aliphatic heterocycles. The summed E-state index contributed by atoms with van der Waals surface area (Å²) in [6.07, 6.45) is 1.45. The van der Waals surface area contributed by atoms with Gasteiger partial charge in [0.05, 0.1) is 4.92 Å². The zero-order chi connectivity index (χ0) is 14.4. The molecular weight excluding hydrogens is 272 g/mol. The largest absolute Gasteiger partial charge is 0.502 e. The minimum Gasteiger partial charge on any atom is -0.502 e. The number of hydrogen-bond donors (Lipinski definition) is 3. The Morgan fingerprint density at radius 3 is 2.79 bits per heavy atom. The summed E-state index contributed by atoms with van der Waals surface area (Å²) in [5, 5.41) is 32.6. The van der Waals surface area contributed by atoms with Gasteiger partial charge in [0, 0.05) is 35.8 Å². The lowest BCUT2D eigenvalue weighted by Gasteiger charge is -2.14. The van der Waals surface area contributed by atoms with E-state index < -0.39 is 10.6 Å². The Labute approximate surface area is 116 Å². The first-order valence-electron chi connectivity index (χ1n) is 5.95. The minimum absolute atomic E-state index is 0.125. The zero-order valence-electron chi connectivity index (χ0n) is 10.6. The van der Waals surface area contributed by atoms with Gasteiger partial charge >= 0.3 is 5.69 Å². The van der Waals surface area contributed by atoms with Gasteiger partial charge in [-0.15, -0.1) is 0 Å². The highest BCUT2D eigenvalue weighted by Crippen LogP contribution is 2.33. The molecule has 106 valence electrons. The maximum atomic E-state index is 10.7. The molecule has 0 spiro atoms. The molecule has 0 amide bonds. The van der Waals surface area contributed by atoms with E-state index >= 15 is 0 Å². The van der Waals surface area contributed by atoms with Crippen molar-refractivity contribution in [3.63, 3.8) is 0 Å². The third-order valence-corrected chi connectivity index (χ3v) is 2.98. The molecule has 0 aromatic heterocycles. The number of rotatable bonds is 7. The first-order chi connectivity index (χ1) is 8.95. The molecule has 1 aromatic rings. The number of phenols is 1. The highest BCUT2D eigenvalue weighted by molar-refractivity contribution is 6.31. The topological polar surface area (TPSA) is 95.6 Å². The van der Waals surface area contributed by atoms with Gasteiger partial charge in [0.25, 0.3) is 0 Å². The van der Waals surface area contributed by atoms with Crippen molar-refractivity contribution < 1.29 is 15.1 Å². The number of aliphatic hydroxyl groups excluding tert-OH is 1. The van der Waals surface area contributed by atoms with Gasteiger partial charge in [-0.3, -0.25) is 10.1 Å². The number of nitro groups is 1. The Bertz CT molecular complexity index is 454. The van der Waals surface area contributed by atoms with Crippen molar-refractivity contribution in [3.05, 3.63) is 32.8 Å². The van der Waals surface area contributed by atoms with E-state index in [1.54, 1.807) is 0 Å². The number of nitrogens with zero attached hydrogens (tertiary/aromatic N) is 1. The van der Waals surface area contributed by atoms with Crippen LogP contribution >= 0.6 is 11.6 Å². The summed E-state index contributed by atoms with van der Waals surface area (Å²) in [7, 11) is 0. The van der Waals surface area contributed by atoms with Gasteiger partial charge in [0.2, 0.25) is 0 Å². The summed E-state index contributed by atoms with van der Waals surface area (Å²) in [4.78, 5) is 10.1. The van der Waals surface area contributed by atoms with Gasteiger partial charge in [-0.2, -0.15) is 0 Å². The SMILES string of the molecule is CC(CCCO)NCc1cc(Cl)cc([N+](=O)[O-])c1O. The molecule has 1 aromatic carbocycles. The van der Waals surface area contributed by atoms with Gasteiger partial charge in [0.15, 0.2) is 5.75 Å². The molecule has 0 saturated carbocycles. The maximum absolute atomic E-state index is 10.7. The Kier molecular flexibility index (Phi) is 6.01. The molecule has 0 heterocycles. The Morgan fingerprint density at radius 1 is 1.53 bits per heavy atom. The molecule has 1 atom stereocenters. The number of phenolic OH excluding ortho intramolecular Hbond substituents is 1. The van der Waals surface area contributed by atoms with Crippen molar-refractivity contribution in [2.24, 2.45) is 0 Å². The molecule has 0 radical (unpaired) electrons. The molecule has 7 heteroatoms. The molecule has 0 bridgehead atoms. The van der Waals surface area contributed by atoms with Crippen LogP contribution in [0.15, 0.2) is 12.1 Å². The van der Waals surface area contributed by atoms with E-state index in [0.717, 1.165) is 12.5 Å². The van der Waals surface area contributed by atoms with E-state index in [4.69, 9.17) is 16.7 Å². The van der Waals surface area contributed by atoms with Crippen molar-refractivity contribution >= 4 is 17.3 Å². The zero-order valence-corrected chi connectivity index (χ0v) is 11.4. The summed E-state index contributed by atoms with van der Waals surface area (Å²) in [5.41, 5.74) is -0.0117. The van der Waals surface area contributed by atoms with Crippen molar-refractivity contribution in [2.45, 2.75) is 32.4 Å². The number of benzene rings is 1. The van der Waals surface area contributed by atoms with E-state index in [-0.39, 0.29) is 30.0 Å². The van der Waals surface area contributed by atoms with Crippen LogP contribution in [0.4, 0.5) is 5.69 Å². The lowest BCUT2D eigenvalue weighted by atomic mass is 10.1. The highest BCUT2D eigenvalue weighted by Gasteiger charge is 2.18. The fourth-order valence-corrected chi connectivity index (χ4v) is 1.93. The van der Waals surface area contributed by atoms with Crippen LogP contribution in [0.3, 0.4) is 0 Å². The van der Waals surface area contributed by atoms with Crippen molar-refractivity contribution in [2.75, 3.05) is 6.61 Å². The molecule has 19 heavy (non-hydrogen) atoms. The summed E-state index contributed by atoms with van der Waals surface area (Å²) < 4.78 is 0. The second-order valence-corrected chi connectivity index (χ2v) is 4.77. The van der Waals surface area contributed by atoms with Crippen LogP contribution < -0.4 is 5.32 Å². The van der Waals surface area contributed by atoms with E-state index in [1.807, 2.05) is 6.92 Å². The predicted molar refractivity (Wildman–Crippen MR) is 72.4 cm³/mol. The standard InChI is InChI=1S/C12H17ClN2O4/c1-8(3-2-4-16)14-7-9-5-10(13)6-11(12(9)17)15(18)19/h5-6,8,14,16-17H,2-4,7H2,1H3. The van der Waals surface area contributed by atoms with Gasteiger partial charge in [-0.25, -0.2) is 0 Å². The smallest absolute Gasteiger partial charge is 0.312 e. The van der Waals surface area contributed by atoms with Gasteiger partial charge in [-0.1, -0.05) is 11.6 Å². The molecule has 0 fully saturated rings. The monoisotopic (exact) mass is 288 g/mol. The van der Waals surface area contributed by atoms with Crippen LogP contribution in [0.1, 0.15) is 25.3 Å². The molecule has 1 rings (SSSR count). The highest BCUT2D eigenvalue weighted by atomic mass is 35.5. The molecule has 0 aliphatic carbocycles. The second kappa shape index (κ2) is 7.28. The maximum Gasteiger partial charge on any atom is 0.312 e. The summed E-state index contributed by atoms with van der Waals surface area (Å²) in [6.45, 7) is 2.34. The van der Waals surface area contributed by atoms with E-state index in [2.05, 4.69) is 5.32 Å². The predicted octanol–water partition coefficient (Wildman–Crippen LogP) is 2.20. The summed E-state index contributed by atoms with van der Waals surface area (Å²) in [5.74, 6) is -0.365. The van der Waals surface area contributed by atoms with Crippen molar-refractivity contribution in [3.8, 4) is 5.75 Å². The number of aromatic hydroxyl groups is 1. The van der Waals surface area contributed by atoms with Crippen LogP contribution in [-0.2, 0) is 6.54 Å². The van der Waals surface area contributed by atoms with Crippen LogP contribution in [0.5, 0.6) is 5.75 Å². The fraction of sp³-hybridized carbons (Fsp3) is 0.500. The van der Waals surface area contributed by atoms with Crippen LogP contribution in [0.2, 0.25) is 5.02 Å². The average Bonchev–Trinajstić information content (AvgIpc) is 2.36. The molecule has 0 saturated heterocycles. The normalized spacial score (nSPS) is 12.4. The third kappa shape index (κ3) is 4.66. The van der Waals surface area contributed by atoms with Gasteiger partial charge < -0.3 is 15.5 Å². The lowest BCUT2D eigenvalue weighted by molar-refractivity contribution is -0.385. The van der Waals surface area contributed by atoms with Crippen LogP contribution in [0.25, 0.3) is 0 Å². The van der Waals surface area contributed by atoms with E-state index in [9.17, 15) is 15.2 Å². The molecule has 6 nitrogen and oxygen atoms in total.